The molecule has 2 aromatic carbocycles. The van der Waals surface area contributed by atoms with Gasteiger partial charge in [-0.1, -0.05) is 57.2 Å². The molecule has 0 amide bonds. The van der Waals surface area contributed by atoms with E-state index in [2.05, 4.69) is 80.4 Å². The van der Waals surface area contributed by atoms with Crippen molar-refractivity contribution in [2.75, 3.05) is 0 Å². The smallest absolute Gasteiger partial charge is 0.0166 e. The lowest BCUT2D eigenvalue weighted by molar-refractivity contribution is 0.590. The zero-order valence-electron chi connectivity index (χ0n) is 13.3. The first-order valence-corrected chi connectivity index (χ1v) is 7.58. The molecule has 3 aromatic rings. The van der Waals surface area contributed by atoms with Crippen molar-refractivity contribution in [1.82, 2.24) is 4.98 Å². The summed E-state index contributed by atoms with van der Waals surface area (Å²) in [4.78, 5) is 4.50. The number of pyridine rings is 1. The first kappa shape index (κ1) is 14.5. The maximum Gasteiger partial charge on any atom is 0.0166 e. The third-order valence-corrected chi connectivity index (χ3v) is 3.82. The fraction of sp³-hybridized carbons (Fsp3) is 0.190. The van der Waals surface area contributed by atoms with Crippen LogP contribution in [0.25, 0.3) is 22.4 Å². The summed E-state index contributed by atoms with van der Waals surface area (Å²) in [5.41, 5.74) is 5.81. The Morgan fingerprint density at radius 2 is 1.64 bits per heavy atom. The predicted octanol–water partition coefficient (Wildman–Crippen LogP) is 5.51. The third-order valence-electron chi connectivity index (χ3n) is 3.82. The largest absolute Gasteiger partial charge is 0.305 e. The normalized spacial score (nSPS) is 11.4. The summed E-state index contributed by atoms with van der Waals surface area (Å²) in [6.07, 6.45) is 1.86. The van der Waals surface area contributed by atoms with Crippen LogP contribution >= 0.6 is 0 Å². The Kier molecular flexibility index (Phi) is 3.81. The van der Waals surface area contributed by atoms with E-state index in [4.69, 9.17) is 0 Å². The lowest BCUT2D eigenvalue weighted by Gasteiger charge is -2.24. The van der Waals surface area contributed by atoms with Crippen molar-refractivity contribution in [3.8, 4) is 22.4 Å². The van der Waals surface area contributed by atoms with E-state index < -0.39 is 0 Å². The second-order valence-corrected chi connectivity index (χ2v) is 6.54. The summed E-state index contributed by atoms with van der Waals surface area (Å²) < 4.78 is 0. The van der Waals surface area contributed by atoms with Gasteiger partial charge in [0.2, 0.25) is 0 Å². The van der Waals surface area contributed by atoms with Crippen LogP contribution < -0.4 is 0 Å². The second-order valence-electron chi connectivity index (χ2n) is 6.54. The molecule has 1 heteroatoms. The summed E-state index contributed by atoms with van der Waals surface area (Å²) in [6.45, 7) is 6.64. The zero-order chi connectivity index (χ0) is 15.6. The maximum absolute atomic E-state index is 4.50. The lowest BCUT2D eigenvalue weighted by atomic mass is 9.86. The van der Waals surface area contributed by atoms with E-state index in [1.165, 1.54) is 16.7 Å². The fourth-order valence-electron chi connectivity index (χ4n) is 2.44. The molecular formula is C21H20N-. The molecule has 110 valence electrons. The van der Waals surface area contributed by atoms with Crippen molar-refractivity contribution < 1.29 is 0 Å². The van der Waals surface area contributed by atoms with Crippen molar-refractivity contribution in [3.63, 3.8) is 0 Å². The average molecular weight is 286 g/mol. The van der Waals surface area contributed by atoms with E-state index in [0.717, 1.165) is 11.3 Å². The minimum atomic E-state index is 0.147. The summed E-state index contributed by atoms with van der Waals surface area (Å²) in [5, 5.41) is 0. The molecule has 0 spiro atoms. The van der Waals surface area contributed by atoms with Gasteiger partial charge in [-0.25, -0.2) is 0 Å². The van der Waals surface area contributed by atoms with E-state index >= 15 is 0 Å². The van der Waals surface area contributed by atoms with Crippen LogP contribution in [0.2, 0.25) is 0 Å². The van der Waals surface area contributed by atoms with Gasteiger partial charge < -0.3 is 4.98 Å². The van der Waals surface area contributed by atoms with Crippen molar-refractivity contribution >= 4 is 0 Å². The van der Waals surface area contributed by atoms with Gasteiger partial charge in [0.15, 0.2) is 0 Å². The van der Waals surface area contributed by atoms with Crippen molar-refractivity contribution in [1.29, 1.82) is 0 Å². The Bertz CT molecular complexity index is 750. The summed E-state index contributed by atoms with van der Waals surface area (Å²) >= 11 is 0. The summed E-state index contributed by atoms with van der Waals surface area (Å²) in [7, 11) is 0. The number of hydrogen-bond acceptors (Lipinski definition) is 1. The minimum absolute atomic E-state index is 0.147. The van der Waals surface area contributed by atoms with E-state index in [-0.39, 0.29) is 5.41 Å². The van der Waals surface area contributed by atoms with Gasteiger partial charge in [-0.15, -0.1) is 35.4 Å². The highest BCUT2D eigenvalue weighted by Crippen LogP contribution is 2.27. The molecule has 22 heavy (non-hydrogen) atoms. The highest BCUT2D eigenvalue weighted by molar-refractivity contribution is 5.70. The van der Waals surface area contributed by atoms with Gasteiger partial charge >= 0.3 is 0 Å². The molecule has 0 saturated heterocycles. The Morgan fingerprint density at radius 3 is 2.27 bits per heavy atom. The van der Waals surface area contributed by atoms with Crippen LogP contribution in [0, 0.1) is 6.07 Å². The molecule has 1 nitrogen and oxygen atoms in total. The minimum Gasteiger partial charge on any atom is -0.305 e. The standard InChI is InChI=1S/C21H20N/c1-21(2,3)19-11-9-17(10-12-19)20-15-18(13-14-22-20)16-7-5-4-6-8-16/h4-9,11-15H,1-3H3/q-1. The molecular weight excluding hydrogens is 266 g/mol. The average Bonchev–Trinajstić information content (AvgIpc) is 2.55. The molecule has 0 aliphatic rings. The van der Waals surface area contributed by atoms with E-state index in [0.29, 0.717) is 0 Å². The topological polar surface area (TPSA) is 12.9 Å². The highest BCUT2D eigenvalue weighted by atomic mass is 14.7. The number of aromatic nitrogens is 1. The molecule has 1 heterocycles. The molecule has 0 radical (unpaired) electrons. The lowest BCUT2D eigenvalue weighted by Crippen LogP contribution is -2.10. The van der Waals surface area contributed by atoms with Crippen molar-refractivity contribution in [2.24, 2.45) is 0 Å². The van der Waals surface area contributed by atoms with Crippen LogP contribution in [0.3, 0.4) is 0 Å². The maximum atomic E-state index is 4.50. The summed E-state index contributed by atoms with van der Waals surface area (Å²) in [6, 6.07) is 24.3. The van der Waals surface area contributed by atoms with E-state index in [1.807, 2.05) is 18.3 Å². The number of hydrogen-bond donors (Lipinski definition) is 0. The Labute approximate surface area is 132 Å². The molecule has 0 unspecified atom stereocenters. The van der Waals surface area contributed by atoms with Crippen molar-refractivity contribution in [3.05, 3.63) is 78.5 Å². The van der Waals surface area contributed by atoms with E-state index in [1.54, 1.807) is 0 Å². The number of rotatable bonds is 2. The molecule has 0 N–H and O–H groups in total. The molecule has 0 atom stereocenters. The number of benzene rings is 2. The van der Waals surface area contributed by atoms with Crippen LogP contribution in [0.5, 0.6) is 0 Å². The van der Waals surface area contributed by atoms with Crippen LogP contribution in [0.4, 0.5) is 0 Å². The number of nitrogens with zero attached hydrogens (tertiary/aromatic N) is 1. The van der Waals surface area contributed by atoms with Crippen LogP contribution in [-0.4, -0.2) is 4.98 Å². The Morgan fingerprint density at radius 1 is 0.864 bits per heavy atom. The molecule has 0 saturated carbocycles. The van der Waals surface area contributed by atoms with Gasteiger partial charge in [0.1, 0.15) is 0 Å². The predicted molar refractivity (Wildman–Crippen MR) is 92.6 cm³/mol. The molecule has 0 bridgehead atoms. The van der Waals surface area contributed by atoms with Gasteiger partial charge in [-0.05, 0) is 28.3 Å². The third kappa shape index (κ3) is 3.09. The molecule has 1 aromatic heterocycles. The Hall–Kier alpha value is -2.41. The van der Waals surface area contributed by atoms with Gasteiger partial charge in [0.25, 0.3) is 0 Å². The van der Waals surface area contributed by atoms with E-state index in [9.17, 15) is 0 Å². The van der Waals surface area contributed by atoms with Crippen molar-refractivity contribution in [2.45, 2.75) is 26.2 Å². The quantitative estimate of drug-likeness (QED) is 0.566. The van der Waals surface area contributed by atoms with Crippen LogP contribution in [-0.2, 0) is 5.41 Å². The molecule has 3 rings (SSSR count). The zero-order valence-corrected chi connectivity index (χ0v) is 13.3. The van der Waals surface area contributed by atoms with Gasteiger partial charge in [0.05, 0.1) is 0 Å². The molecule has 0 fully saturated rings. The van der Waals surface area contributed by atoms with Gasteiger partial charge in [0, 0.05) is 6.20 Å². The summed E-state index contributed by atoms with van der Waals surface area (Å²) in [5.74, 6) is 0. The van der Waals surface area contributed by atoms with Gasteiger partial charge in [-0.2, -0.15) is 0 Å². The first-order chi connectivity index (χ1) is 10.5. The fourth-order valence-corrected chi connectivity index (χ4v) is 2.44. The van der Waals surface area contributed by atoms with Crippen LogP contribution in [0.1, 0.15) is 26.3 Å². The monoisotopic (exact) mass is 286 g/mol. The SMILES string of the molecule is CC(C)(C)c1c[c-]c(-c2cc(-c3ccccc3)ccn2)cc1. The highest BCUT2D eigenvalue weighted by Gasteiger charge is 2.08. The first-order valence-electron chi connectivity index (χ1n) is 7.58. The molecule has 0 aliphatic heterocycles. The molecule has 0 aliphatic carbocycles. The second kappa shape index (κ2) is 5.76. The van der Waals surface area contributed by atoms with Crippen LogP contribution in [0.15, 0.2) is 66.9 Å². The van der Waals surface area contributed by atoms with Gasteiger partial charge in [-0.3, -0.25) is 0 Å². The Balaban J connectivity index is 1.96.